The molecule has 170 valence electrons. The average molecular weight is 486 g/mol. The van der Waals surface area contributed by atoms with Gasteiger partial charge in [-0.3, -0.25) is 4.79 Å². The molecule has 4 rings (SSSR count). The maximum absolute atomic E-state index is 13.4. The highest BCUT2D eigenvalue weighted by molar-refractivity contribution is 8.16. The number of nitrogens with one attached hydrogen (secondary N) is 1. The maximum atomic E-state index is 13.4. The molecule has 6 nitrogen and oxygen atoms in total. The molecule has 0 radical (unpaired) electrons. The predicted octanol–water partition coefficient (Wildman–Crippen LogP) is 4.93. The summed E-state index contributed by atoms with van der Waals surface area (Å²) in [7, 11) is 1.33. The Labute approximate surface area is 200 Å². The van der Waals surface area contributed by atoms with Crippen LogP contribution in [0.25, 0.3) is 0 Å². The molecule has 1 unspecified atom stereocenters. The van der Waals surface area contributed by atoms with Crippen molar-refractivity contribution in [3.63, 3.8) is 0 Å². The van der Waals surface area contributed by atoms with Crippen LogP contribution >= 0.6 is 23.4 Å². The summed E-state index contributed by atoms with van der Waals surface area (Å²) in [4.78, 5) is 31.9. The number of thioether (sulfide) groups is 1. The topological polar surface area (TPSA) is 71.0 Å². The molecule has 0 aliphatic carbocycles. The van der Waals surface area contributed by atoms with Crippen molar-refractivity contribution in [2.24, 2.45) is 4.99 Å². The van der Waals surface area contributed by atoms with Gasteiger partial charge in [-0.2, -0.15) is 0 Å². The molecule has 33 heavy (non-hydrogen) atoms. The molecule has 2 aliphatic rings. The van der Waals surface area contributed by atoms with Crippen LogP contribution in [0.4, 0.5) is 4.39 Å². The number of hydrogen-bond acceptors (Lipinski definition) is 6. The molecule has 0 aromatic heterocycles. The lowest BCUT2D eigenvalue weighted by Crippen LogP contribution is -2.37. The number of benzene rings is 2. The Morgan fingerprint density at radius 1 is 1.24 bits per heavy atom. The molecule has 9 heteroatoms. The number of amides is 1. The first-order valence-electron chi connectivity index (χ1n) is 10.2. The van der Waals surface area contributed by atoms with Crippen molar-refractivity contribution in [1.82, 2.24) is 10.2 Å². The van der Waals surface area contributed by atoms with Crippen LogP contribution in [0.3, 0.4) is 0 Å². The lowest BCUT2D eigenvalue weighted by atomic mass is 9.94. The van der Waals surface area contributed by atoms with Crippen molar-refractivity contribution in [1.29, 1.82) is 0 Å². The Bertz CT molecular complexity index is 1210. The number of rotatable bonds is 6. The SMILES string of the molecule is COC(=O)C1=C(C)N=C2SC=C(CC(=O)NCc3cccc(F)c3)N2C1c1cccc(Cl)c1. The molecule has 0 bridgehead atoms. The number of halogens is 2. The van der Waals surface area contributed by atoms with Crippen LogP contribution < -0.4 is 5.32 Å². The molecule has 2 aliphatic heterocycles. The Morgan fingerprint density at radius 2 is 2.03 bits per heavy atom. The van der Waals surface area contributed by atoms with E-state index in [2.05, 4.69) is 10.3 Å². The van der Waals surface area contributed by atoms with Crippen LogP contribution in [0, 0.1) is 5.82 Å². The Hall–Kier alpha value is -3.10. The first-order chi connectivity index (χ1) is 15.9. The highest BCUT2D eigenvalue weighted by atomic mass is 35.5. The summed E-state index contributed by atoms with van der Waals surface area (Å²) >= 11 is 7.63. The van der Waals surface area contributed by atoms with E-state index in [1.807, 2.05) is 22.4 Å². The van der Waals surface area contributed by atoms with Gasteiger partial charge in [0.25, 0.3) is 0 Å². The van der Waals surface area contributed by atoms with Gasteiger partial charge in [-0.15, -0.1) is 0 Å². The Kier molecular flexibility index (Phi) is 6.85. The number of methoxy groups -OCH3 is 1. The minimum atomic E-state index is -0.541. The minimum absolute atomic E-state index is 0.0614. The van der Waals surface area contributed by atoms with Gasteiger partial charge in [0.15, 0.2) is 5.17 Å². The van der Waals surface area contributed by atoms with Crippen molar-refractivity contribution in [2.75, 3.05) is 7.11 Å². The molecule has 1 amide bonds. The van der Waals surface area contributed by atoms with E-state index in [1.165, 1.54) is 31.0 Å². The van der Waals surface area contributed by atoms with Crippen LogP contribution in [-0.2, 0) is 20.9 Å². The highest BCUT2D eigenvalue weighted by Gasteiger charge is 2.41. The number of aliphatic imine (C=N–C) groups is 1. The second-order valence-corrected chi connectivity index (χ2v) is 8.80. The summed E-state index contributed by atoms with van der Waals surface area (Å²) in [5.41, 5.74) is 3.08. The fraction of sp³-hybridized carbons (Fsp3) is 0.208. The number of carbonyl (C=O) groups excluding carboxylic acids is 2. The van der Waals surface area contributed by atoms with E-state index in [1.54, 1.807) is 31.2 Å². The zero-order chi connectivity index (χ0) is 23.5. The molecule has 0 spiro atoms. The predicted molar refractivity (Wildman–Crippen MR) is 127 cm³/mol. The molecule has 1 N–H and O–H groups in total. The van der Waals surface area contributed by atoms with Gasteiger partial charge in [0, 0.05) is 17.3 Å². The van der Waals surface area contributed by atoms with E-state index in [9.17, 15) is 14.0 Å². The second kappa shape index (κ2) is 9.80. The van der Waals surface area contributed by atoms with Crippen molar-refractivity contribution >= 4 is 40.4 Å². The summed E-state index contributed by atoms with van der Waals surface area (Å²) in [6.45, 7) is 1.97. The number of allylic oxidation sites excluding steroid dienone is 1. The smallest absolute Gasteiger partial charge is 0.338 e. The third-order valence-corrected chi connectivity index (χ3v) is 6.41. The lowest BCUT2D eigenvalue weighted by molar-refractivity contribution is -0.136. The standard InChI is InChI=1S/C24H21ClFN3O3S/c1-14-21(23(31)32-2)22(16-6-4-7-17(25)10-16)29-19(13-33-24(29)28-14)11-20(30)27-12-15-5-3-8-18(26)9-15/h3-10,13,22H,11-12H2,1-2H3,(H,27,30). The molecule has 2 aromatic carbocycles. The quantitative estimate of drug-likeness (QED) is 0.587. The van der Waals surface area contributed by atoms with Gasteiger partial charge in [-0.1, -0.05) is 47.6 Å². The number of carbonyl (C=O) groups is 2. The van der Waals surface area contributed by atoms with E-state index in [0.29, 0.717) is 32.7 Å². The van der Waals surface area contributed by atoms with Crippen molar-refractivity contribution in [3.05, 3.63) is 92.9 Å². The first-order valence-corrected chi connectivity index (χ1v) is 11.4. The Balaban J connectivity index is 1.59. The average Bonchev–Trinajstić information content (AvgIpc) is 3.18. The summed E-state index contributed by atoms with van der Waals surface area (Å²) in [5.74, 6) is -1.08. The van der Waals surface area contributed by atoms with E-state index in [4.69, 9.17) is 16.3 Å². The molecule has 2 heterocycles. The van der Waals surface area contributed by atoms with Gasteiger partial charge >= 0.3 is 5.97 Å². The lowest BCUT2D eigenvalue weighted by Gasteiger charge is -2.36. The molecular formula is C24H21ClFN3O3S. The molecule has 0 saturated carbocycles. The van der Waals surface area contributed by atoms with Gasteiger partial charge in [-0.25, -0.2) is 14.2 Å². The minimum Gasteiger partial charge on any atom is -0.466 e. The Morgan fingerprint density at radius 3 is 2.76 bits per heavy atom. The fourth-order valence-corrected chi connectivity index (χ4v) is 4.97. The largest absolute Gasteiger partial charge is 0.466 e. The van der Waals surface area contributed by atoms with Crippen molar-refractivity contribution in [3.8, 4) is 0 Å². The maximum Gasteiger partial charge on any atom is 0.338 e. The monoisotopic (exact) mass is 485 g/mol. The number of fused-ring (bicyclic) bond motifs is 1. The summed E-state index contributed by atoms with van der Waals surface area (Å²) in [5, 5.41) is 5.87. The molecule has 1 atom stereocenters. The highest BCUT2D eigenvalue weighted by Crippen LogP contribution is 2.45. The zero-order valence-electron chi connectivity index (χ0n) is 18.0. The fourth-order valence-electron chi connectivity index (χ4n) is 3.81. The van der Waals surface area contributed by atoms with Gasteiger partial charge < -0.3 is 15.0 Å². The number of amidine groups is 1. The summed E-state index contributed by atoms with van der Waals surface area (Å²) in [6.07, 6.45) is 0.0614. The van der Waals surface area contributed by atoms with Crippen LogP contribution in [0.2, 0.25) is 5.02 Å². The number of hydrogen-bond donors (Lipinski definition) is 1. The van der Waals surface area contributed by atoms with Gasteiger partial charge in [0.05, 0.1) is 30.8 Å². The molecule has 0 fully saturated rings. The number of nitrogens with zero attached hydrogens (tertiary/aromatic N) is 2. The van der Waals surface area contributed by atoms with E-state index in [-0.39, 0.29) is 24.7 Å². The summed E-state index contributed by atoms with van der Waals surface area (Å²) in [6, 6.07) is 12.8. The normalized spacial score (nSPS) is 17.3. The van der Waals surface area contributed by atoms with Gasteiger partial charge in [0.1, 0.15) is 5.82 Å². The molecule has 0 saturated heterocycles. The third kappa shape index (κ3) is 4.96. The third-order valence-electron chi connectivity index (χ3n) is 5.29. The first kappa shape index (κ1) is 23.1. The zero-order valence-corrected chi connectivity index (χ0v) is 19.5. The number of esters is 1. The summed E-state index contributed by atoms with van der Waals surface area (Å²) < 4.78 is 18.4. The van der Waals surface area contributed by atoms with Gasteiger partial charge in [0.2, 0.25) is 5.91 Å². The van der Waals surface area contributed by atoms with Crippen LogP contribution in [0.15, 0.2) is 75.9 Å². The van der Waals surface area contributed by atoms with Crippen LogP contribution in [0.5, 0.6) is 0 Å². The van der Waals surface area contributed by atoms with E-state index < -0.39 is 12.0 Å². The van der Waals surface area contributed by atoms with Crippen LogP contribution in [0.1, 0.15) is 30.5 Å². The van der Waals surface area contributed by atoms with Gasteiger partial charge in [-0.05, 0) is 47.7 Å². The van der Waals surface area contributed by atoms with Crippen molar-refractivity contribution < 1.29 is 18.7 Å². The van der Waals surface area contributed by atoms with E-state index in [0.717, 1.165) is 5.56 Å². The van der Waals surface area contributed by atoms with Crippen molar-refractivity contribution in [2.45, 2.75) is 25.9 Å². The molecule has 2 aromatic rings. The number of ether oxygens (including phenoxy) is 1. The second-order valence-electron chi connectivity index (χ2n) is 7.52. The van der Waals surface area contributed by atoms with E-state index >= 15 is 0 Å². The van der Waals surface area contributed by atoms with Crippen LogP contribution in [-0.4, -0.2) is 29.1 Å². The molecular weight excluding hydrogens is 465 g/mol.